The Bertz CT molecular complexity index is 379. The third kappa shape index (κ3) is 3.62. The van der Waals surface area contributed by atoms with Gasteiger partial charge in [0, 0.05) is 6.04 Å². The van der Waals surface area contributed by atoms with Crippen molar-refractivity contribution < 1.29 is 13.9 Å². The van der Waals surface area contributed by atoms with Crippen LogP contribution in [0.3, 0.4) is 0 Å². The summed E-state index contributed by atoms with van der Waals surface area (Å²) in [5.41, 5.74) is 7.29. The lowest BCUT2D eigenvalue weighted by Crippen LogP contribution is -2.26. The lowest BCUT2D eigenvalue weighted by molar-refractivity contribution is -0.140. The zero-order valence-corrected chi connectivity index (χ0v) is 9.50. The average Bonchev–Trinajstić information content (AvgIpc) is 2.23. The first-order valence-electron chi connectivity index (χ1n) is 5.10. The van der Waals surface area contributed by atoms with Crippen LogP contribution in [0.4, 0.5) is 4.39 Å². The van der Waals surface area contributed by atoms with Crippen molar-refractivity contribution in [2.45, 2.75) is 25.8 Å². The van der Waals surface area contributed by atoms with Gasteiger partial charge in [0.2, 0.25) is 0 Å². The molecule has 0 saturated heterocycles. The first-order chi connectivity index (χ1) is 7.52. The van der Waals surface area contributed by atoms with Crippen LogP contribution in [-0.2, 0) is 16.0 Å². The Kier molecular flexibility index (Phi) is 4.43. The number of ether oxygens (including phenoxy) is 1. The summed E-state index contributed by atoms with van der Waals surface area (Å²) in [6.07, 6.45) is 0.711. The van der Waals surface area contributed by atoms with Gasteiger partial charge >= 0.3 is 5.97 Å². The Balaban J connectivity index is 2.59. The topological polar surface area (TPSA) is 52.3 Å². The van der Waals surface area contributed by atoms with Crippen LogP contribution in [0.1, 0.15) is 17.5 Å². The molecule has 3 nitrogen and oxygen atoms in total. The Labute approximate surface area is 94.4 Å². The minimum absolute atomic E-state index is 0.174. The third-order valence-electron chi connectivity index (χ3n) is 2.38. The summed E-state index contributed by atoms with van der Waals surface area (Å²) in [6.45, 7) is 1.70. The second-order valence-electron chi connectivity index (χ2n) is 3.83. The number of methoxy groups -OCH3 is 1. The van der Waals surface area contributed by atoms with Gasteiger partial charge in [-0.3, -0.25) is 4.79 Å². The molecule has 16 heavy (non-hydrogen) atoms. The highest BCUT2D eigenvalue weighted by Gasteiger charge is 2.10. The number of benzene rings is 1. The van der Waals surface area contributed by atoms with E-state index in [4.69, 9.17) is 5.73 Å². The fraction of sp³-hybridized carbons (Fsp3) is 0.417. The number of halogens is 1. The van der Waals surface area contributed by atoms with E-state index in [1.54, 1.807) is 19.1 Å². The molecule has 0 spiro atoms. The van der Waals surface area contributed by atoms with Crippen molar-refractivity contribution in [1.82, 2.24) is 0 Å². The quantitative estimate of drug-likeness (QED) is 0.791. The van der Waals surface area contributed by atoms with Gasteiger partial charge in [0.05, 0.1) is 13.5 Å². The molecule has 0 aliphatic rings. The second kappa shape index (κ2) is 5.61. The maximum atomic E-state index is 13.0. The van der Waals surface area contributed by atoms with Gasteiger partial charge in [-0.2, -0.15) is 0 Å². The van der Waals surface area contributed by atoms with Crippen molar-refractivity contribution in [3.8, 4) is 0 Å². The van der Waals surface area contributed by atoms with Gasteiger partial charge in [0.15, 0.2) is 0 Å². The predicted octanol–water partition coefficient (Wildman–Crippen LogP) is 1.57. The van der Waals surface area contributed by atoms with E-state index in [-0.39, 0.29) is 24.2 Å². The largest absolute Gasteiger partial charge is 0.469 e. The molecule has 0 aromatic heterocycles. The van der Waals surface area contributed by atoms with Crippen LogP contribution in [0.15, 0.2) is 18.2 Å². The van der Waals surface area contributed by atoms with E-state index < -0.39 is 0 Å². The van der Waals surface area contributed by atoms with Crippen LogP contribution < -0.4 is 5.73 Å². The zero-order valence-electron chi connectivity index (χ0n) is 9.50. The fourth-order valence-electron chi connectivity index (χ4n) is 1.51. The van der Waals surface area contributed by atoms with E-state index >= 15 is 0 Å². The Morgan fingerprint density at radius 1 is 1.56 bits per heavy atom. The molecule has 1 atom stereocenters. The molecule has 2 N–H and O–H groups in total. The molecule has 1 unspecified atom stereocenters. The first kappa shape index (κ1) is 12.6. The van der Waals surface area contributed by atoms with Crippen molar-refractivity contribution in [3.63, 3.8) is 0 Å². The van der Waals surface area contributed by atoms with Crippen LogP contribution in [0.5, 0.6) is 0 Å². The van der Waals surface area contributed by atoms with Crippen LogP contribution >= 0.6 is 0 Å². The lowest BCUT2D eigenvalue weighted by atomic mass is 10.0. The average molecular weight is 225 g/mol. The van der Waals surface area contributed by atoms with E-state index in [1.165, 1.54) is 13.2 Å². The number of rotatable bonds is 4. The van der Waals surface area contributed by atoms with Crippen molar-refractivity contribution in [3.05, 3.63) is 35.1 Å². The number of nitrogens with two attached hydrogens (primary N) is 1. The van der Waals surface area contributed by atoms with Crippen molar-refractivity contribution >= 4 is 5.97 Å². The van der Waals surface area contributed by atoms with Gasteiger partial charge < -0.3 is 10.5 Å². The molecule has 0 amide bonds. The molecule has 0 bridgehead atoms. The van der Waals surface area contributed by atoms with Gasteiger partial charge in [-0.25, -0.2) is 4.39 Å². The molecule has 0 heterocycles. The number of aryl methyl sites for hydroxylation is 1. The smallest absolute Gasteiger partial charge is 0.307 e. The van der Waals surface area contributed by atoms with Gasteiger partial charge in [-0.05, 0) is 30.5 Å². The summed E-state index contributed by atoms with van der Waals surface area (Å²) in [7, 11) is 1.33. The Morgan fingerprint density at radius 3 is 2.81 bits per heavy atom. The number of carbonyl (C=O) groups is 1. The summed E-state index contributed by atoms with van der Waals surface area (Å²) in [6, 6.07) is 4.54. The molecular formula is C12H16FNO2. The Hall–Kier alpha value is -1.42. The standard InChI is InChI=1S/C12H16FNO2/c1-8-5-9(3-4-11(8)13)6-10(14)7-12(15)16-2/h3-5,10H,6-7,14H2,1-2H3. The SMILES string of the molecule is COC(=O)CC(N)Cc1ccc(F)c(C)c1. The van der Waals surface area contributed by atoms with E-state index in [2.05, 4.69) is 4.74 Å². The molecule has 0 radical (unpaired) electrons. The first-order valence-corrected chi connectivity index (χ1v) is 5.10. The Morgan fingerprint density at radius 2 is 2.25 bits per heavy atom. The van der Waals surface area contributed by atoms with E-state index in [0.717, 1.165) is 5.56 Å². The maximum Gasteiger partial charge on any atom is 0.307 e. The highest BCUT2D eigenvalue weighted by Crippen LogP contribution is 2.11. The summed E-state index contributed by atoms with van der Waals surface area (Å²) in [5.74, 6) is -0.559. The molecule has 0 saturated carbocycles. The second-order valence-corrected chi connectivity index (χ2v) is 3.83. The van der Waals surface area contributed by atoms with Gasteiger partial charge in [0.25, 0.3) is 0 Å². The van der Waals surface area contributed by atoms with E-state index in [1.807, 2.05) is 0 Å². The summed E-state index contributed by atoms with van der Waals surface area (Å²) in [5, 5.41) is 0. The maximum absolute atomic E-state index is 13.0. The van der Waals surface area contributed by atoms with Crippen LogP contribution in [0, 0.1) is 12.7 Å². The van der Waals surface area contributed by atoms with Crippen molar-refractivity contribution in [2.24, 2.45) is 5.73 Å². The number of carbonyl (C=O) groups excluding carboxylic acids is 1. The number of esters is 1. The number of hydrogen-bond donors (Lipinski definition) is 1. The fourth-order valence-corrected chi connectivity index (χ4v) is 1.51. The molecular weight excluding hydrogens is 209 g/mol. The third-order valence-corrected chi connectivity index (χ3v) is 2.38. The molecule has 4 heteroatoms. The number of hydrogen-bond acceptors (Lipinski definition) is 3. The van der Waals surface area contributed by atoms with Crippen molar-refractivity contribution in [2.75, 3.05) is 7.11 Å². The lowest BCUT2D eigenvalue weighted by Gasteiger charge is -2.10. The monoisotopic (exact) mass is 225 g/mol. The molecule has 1 aromatic rings. The summed E-state index contributed by atoms with van der Waals surface area (Å²) >= 11 is 0. The molecule has 88 valence electrons. The molecule has 0 aliphatic carbocycles. The molecule has 1 aromatic carbocycles. The van der Waals surface area contributed by atoms with Crippen LogP contribution in [-0.4, -0.2) is 19.1 Å². The highest BCUT2D eigenvalue weighted by atomic mass is 19.1. The molecule has 1 rings (SSSR count). The van der Waals surface area contributed by atoms with Gasteiger partial charge in [-0.1, -0.05) is 12.1 Å². The van der Waals surface area contributed by atoms with Crippen LogP contribution in [0.2, 0.25) is 0 Å². The minimum Gasteiger partial charge on any atom is -0.469 e. The summed E-state index contributed by atoms with van der Waals surface area (Å²) in [4.78, 5) is 11.0. The molecule has 0 fully saturated rings. The van der Waals surface area contributed by atoms with E-state index in [0.29, 0.717) is 12.0 Å². The minimum atomic E-state index is -0.327. The summed E-state index contributed by atoms with van der Waals surface area (Å²) < 4.78 is 17.5. The molecule has 0 aliphatic heterocycles. The van der Waals surface area contributed by atoms with Crippen LogP contribution in [0.25, 0.3) is 0 Å². The zero-order chi connectivity index (χ0) is 12.1. The van der Waals surface area contributed by atoms with E-state index in [9.17, 15) is 9.18 Å². The van der Waals surface area contributed by atoms with Crippen molar-refractivity contribution in [1.29, 1.82) is 0 Å². The normalized spacial score (nSPS) is 12.2. The predicted molar refractivity (Wildman–Crippen MR) is 59.4 cm³/mol. The van der Waals surface area contributed by atoms with Gasteiger partial charge in [0.1, 0.15) is 5.82 Å². The van der Waals surface area contributed by atoms with Gasteiger partial charge in [-0.15, -0.1) is 0 Å². The highest BCUT2D eigenvalue weighted by molar-refractivity contribution is 5.69.